The molecule has 1 heterocycles. The Morgan fingerprint density at radius 3 is 2.33 bits per heavy atom. The maximum Gasteiger partial charge on any atom is 0.339 e. The summed E-state index contributed by atoms with van der Waals surface area (Å²) in [6.45, 7) is 3.07. The van der Waals surface area contributed by atoms with E-state index in [4.69, 9.17) is 8.92 Å². The topological polar surface area (TPSA) is 55.8 Å². The van der Waals surface area contributed by atoms with E-state index in [1.165, 1.54) is 17.7 Å². The molecule has 1 aliphatic rings. The SMILES string of the molecule is O=S(=O)(Oc1ccccc1[C@H]1CN(CCc2ccccc2)CCO1)c1ccccc1. The lowest BCUT2D eigenvalue weighted by Gasteiger charge is -2.33. The van der Waals surface area contributed by atoms with Gasteiger partial charge in [-0.15, -0.1) is 0 Å². The fraction of sp³-hybridized carbons (Fsp3) is 0.250. The first kappa shape index (κ1) is 20.6. The third kappa shape index (κ3) is 5.08. The number of hydrogen-bond acceptors (Lipinski definition) is 5. The van der Waals surface area contributed by atoms with Crippen LogP contribution in [-0.2, 0) is 21.3 Å². The van der Waals surface area contributed by atoms with Gasteiger partial charge in [-0.1, -0.05) is 66.7 Å². The second-order valence-corrected chi connectivity index (χ2v) is 8.83. The minimum atomic E-state index is -3.90. The van der Waals surface area contributed by atoms with Crippen molar-refractivity contribution in [2.75, 3.05) is 26.2 Å². The van der Waals surface area contributed by atoms with E-state index in [0.29, 0.717) is 18.9 Å². The zero-order valence-electron chi connectivity index (χ0n) is 16.7. The van der Waals surface area contributed by atoms with Crippen LogP contribution in [0.25, 0.3) is 0 Å². The van der Waals surface area contributed by atoms with Gasteiger partial charge >= 0.3 is 10.1 Å². The molecule has 0 bridgehead atoms. The summed E-state index contributed by atoms with van der Waals surface area (Å²) < 4.78 is 36.9. The van der Waals surface area contributed by atoms with Crippen molar-refractivity contribution in [2.45, 2.75) is 17.4 Å². The van der Waals surface area contributed by atoms with Gasteiger partial charge in [0.15, 0.2) is 0 Å². The second-order valence-electron chi connectivity index (χ2n) is 7.28. The van der Waals surface area contributed by atoms with Gasteiger partial charge in [-0.2, -0.15) is 8.42 Å². The molecule has 5 nitrogen and oxygen atoms in total. The molecule has 0 radical (unpaired) electrons. The minimum Gasteiger partial charge on any atom is -0.379 e. The molecule has 1 aliphatic heterocycles. The van der Waals surface area contributed by atoms with E-state index < -0.39 is 10.1 Å². The third-order valence-corrected chi connectivity index (χ3v) is 6.46. The predicted octanol–water partition coefficient (Wildman–Crippen LogP) is 4.07. The molecule has 156 valence electrons. The predicted molar refractivity (Wildman–Crippen MR) is 116 cm³/mol. The average Bonchev–Trinajstić information content (AvgIpc) is 2.79. The van der Waals surface area contributed by atoms with E-state index in [0.717, 1.165) is 25.1 Å². The first-order valence-corrected chi connectivity index (χ1v) is 11.5. The normalized spacial score (nSPS) is 17.5. The largest absolute Gasteiger partial charge is 0.379 e. The van der Waals surface area contributed by atoms with Crippen LogP contribution in [0.4, 0.5) is 0 Å². The van der Waals surface area contributed by atoms with E-state index in [1.807, 2.05) is 18.2 Å². The highest BCUT2D eigenvalue weighted by molar-refractivity contribution is 7.87. The molecule has 0 aliphatic carbocycles. The number of nitrogens with zero attached hydrogens (tertiary/aromatic N) is 1. The summed E-state index contributed by atoms with van der Waals surface area (Å²) in [6, 6.07) is 25.8. The molecule has 6 heteroatoms. The van der Waals surface area contributed by atoms with Gasteiger partial charge in [-0.25, -0.2) is 0 Å². The van der Waals surface area contributed by atoms with Gasteiger partial charge in [-0.05, 0) is 30.2 Å². The molecule has 1 atom stereocenters. The molecule has 0 unspecified atom stereocenters. The lowest BCUT2D eigenvalue weighted by Crippen LogP contribution is -2.39. The smallest absolute Gasteiger partial charge is 0.339 e. The van der Waals surface area contributed by atoms with Crippen molar-refractivity contribution in [2.24, 2.45) is 0 Å². The van der Waals surface area contributed by atoms with E-state index in [-0.39, 0.29) is 11.0 Å². The molecule has 3 aromatic rings. The van der Waals surface area contributed by atoms with Gasteiger partial charge < -0.3 is 8.92 Å². The van der Waals surface area contributed by atoms with Crippen LogP contribution in [0, 0.1) is 0 Å². The van der Waals surface area contributed by atoms with Gasteiger partial charge in [0.2, 0.25) is 0 Å². The second kappa shape index (κ2) is 9.43. The van der Waals surface area contributed by atoms with Crippen LogP contribution in [0.1, 0.15) is 17.2 Å². The highest BCUT2D eigenvalue weighted by Crippen LogP contribution is 2.32. The van der Waals surface area contributed by atoms with Crippen LogP contribution in [0.2, 0.25) is 0 Å². The number of para-hydroxylation sites is 1. The number of ether oxygens (including phenoxy) is 1. The Labute approximate surface area is 178 Å². The highest BCUT2D eigenvalue weighted by atomic mass is 32.2. The molecular formula is C24H25NO4S. The Kier molecular flexibility index (Phi) is 6.47. The van der Waals surface area contributed by atoms with Crippen molar-refractivity contribution in [1.29, 1.82) is 0 Å². The average molecular weight is 424 g/mol. The Morgan fingerprint density at radius 1 is 0.900 bits per heavy atom. The van der Waals surface area contributed by atoms with Gasteiger partial charge in [0.05, 0.1) is 12.7 Å². The van der Waals surface area contributed by atoms with Gasteiger partial charge in [0, 0.05) is 25.2 Å². The van der Waals surface area contributed by atoms with Crippen molar-refractivity contribution < 1.29 is 17.3 Å². The number of benzene rings is 3. The van der Waals surface area contributed by atoms with E-state index >= 15 is 0 Å². The molecule has 0 aromatic heterocycles. The summed E-state index contributed by atoms with van der Waals surface area (Å²) in [5, 5.41) is 0. The maximum atomic E-state index is 12.7. The van der Waals surface area contributed by atoms with Crippen LogP contribution in [0.5, 0.6) is 5.75 Å². The van der Waals surface area contributed by atoms with E-state index in [9.17, 15) is 8.42 Å². The van der Waals surface area contributed by atoms with Gasteiger partial charge in [0.25, 0.3) is 0 Å². The zero-order valence-corrected chi connectivity index (χ0v) is 17.5. The zero-order chi connectivity index (χ0) is 20.8. The van der Waals surface area contributed by atoms with Crippen LogP contribution in [0.15, 0.2) is 89.8 Å². The molecule has 0 saturated carbocycles. The molecule has 1 saturated heterocycles. The Hall–Kier alpha value is -2.67. The molecule has 4 rings (SSSR count). The summed E-state index contributed by atoms with van der Waals surface area (Å²) in [5.41, 5.74) is 2.06. The Bertz CT molecular complexity index is 1050. The minimum absolute atomic E-state index is 0.133. The number of morpholine rings is 1. The highest BCUT2D eigenvalue weighted by Gasteiger charge is 2.26. The summed E-state index contributed by atoms with van der Waals surface area (Å²) >= 11 is 0. The maximum absolute atomic E-state index is 12.7. The molecule has 0 spiro atoms. The summed E-state index contributed by atoms with van der Waals surface area (Å²) in [4.78, 5) is 2.48. The van der Waals surface area contributed by atoms with Crippen molar-refractivity contribution >= 4 is 10.1 Å². The van der Waals surface area contributed by atoms with Crippen molar-refractivity contribution in [3.05, 3.63) is 96.1 Å². The van der Waals surface area contributed by atoms with Crippen LogP contribution >= 0.6 is 0 Å². The molecular weight excluding hydrogens is 398 g/mol. The molecule has 3 aromatic carbocycles. The van der Waals surface area contributed by atoms with Gasteiger partial charge in [0.1, 0.15) is 10.6 Å². The molecule has 30 heavy (non-hydrogen) atoms. The molecule has 0 amide bonds. The fourth-order valence-electron chi connectivity index (χ4n) is 3.60. The molecule has 1 fully saturated rings. The molecule has 0 N–H and O–H groups in total. The Morgan fingerprint density at radius 2 is 1.57 bits per heavy atom. The van der Waals surface area contributed by atoms with Crippen LogP contribution in [-0.4, -0.2) is 39.6 Å². The first-order chi connectivity index (χ1) is 14.6. The summed E-state index contributed by atoms with van der Waals surface area (Å²) in [5.74, 6) is 0.316. The van der Waals surface area contributed by atoms with Crippen molar-refractivity contribution in [1.82, 2.24) is 4.90 Å². The van der Waals surface area contributed by atoms with Gasteiger partial charge in [-0.3, -0.25) is 4.90 Å². The summed E-state index contributed by atoms with van der Waals surface area (Å²) in [7, 11) is -3.90. The lowest BCUT2D eigenvalue weighted by atomic mass is 10.1. The fourth-order valence-corrected chi connectivity index (χ4v) is 4.58. The van der Waals surface area contributed by atoms with Crippen molar-refractivity contribution in [3.63, 3.8) is 0 Å². The monoisotopic (exact) mass is 423 g/mol. The lowest BCUT2D eigenvalue weighted by molar-refractivity contribution is -0.0301. The van der Waals surface area contributed by atoms with E-state index in [2.05, 4.69) is 29.2 Å². The Balaban J connectivity index is 1.47. The number of hydrogen-bond donors (Lipinski definition) is 0. The van der Waals surface area contributed by atoms with Crippen LogP contribution in [0.3, 0.4) is 0 Å². The van der Waals surface area contributed by atoms with Crippen LogP contribution < -0.4 is 4.18 Å². The quantitative estimate of drug-likeness (QED) is 0.536. The first-order valence-electron chi connectivity index (χ1n) is 10.1. The summed E-state index contributed by atoms with van der Waals surface area (Å²) in [6.07, 6.45) is 0.727. The van der Waals surface area contributed by atoms with Crippen molar-refractivity contribution in [3.8, 4) is 5.75 Å². The standard InChI is InChI=1S/C24H25NO4S/c26-30(27,21-11-5-2-6-12-21)29-23-14-8-7-13-22(23)24-19-25(17-18-28-24)16-15-20-9-3-1-4-10-20/h1-14,24H,15-19H2/t24-/m1/s1. The third-order valence-electron chi connectivity index (χ3n) is 5.21. The van der Waals surface area contributed by atoms with E-state index in [1.54, 1.807) is 30.3 Å². The number of rotatable bonds is 7.